The van der Waals surface area contributed by atoms with Crippen LogP contribution in [0, 0.1) is 0 Å². The van der Waals surface area contributed by atoms with Crippen molar-refractivity contribution >= 4 is 37.5 Å². The summed E-state index contributed by atoms with van der Waals surface area (Å²) in [4.78, 5) is 49.5. The third-order valence-corrected chi connectivity index (χ3v) is 12.1. The van der Waals surface area contributed by atoms with Crippen LogP contribution in [-0.4, -0.2) is 109 Å². The number of ether oxygens (including phenoxy) is 2. The van der Waals surface area contributed by atoms with Crippen LogP contribution in [0.25, 0.3) is 0 Å². The first-order valence-corrected chi connectivity index (χ1v) is 27.0. The summed E-state index contributed by atoms with van der Waals surface area (Å²) in [6, 6.07) is -1.16. The minimum atomic E-state index is -4.79. The van der Waals surface area contributed by atoms with Crippen molar-refractivity contribution in [2.75, 3.05) is 53.3 Å². The number of hydrogen-bond donors (Lipinski definition) is 3. The van der Waals surface area contributed by atoms with E-state index in [2.05, 4.69) is 68.5 Å². The van der Waals surface area contributed by atoms with E-state index in [1.54, 1.807) is 12.2 Å². The highest BCUT2D eigenvalue weighted by atomic mass is 32.2. The molecule has 0 spiro atoms. The molecule has 0 saturated carbocycles. The first-order chi connectivity index (χ1) is 32.6. The number of carboxylic acid groups (broad SMARTS) is 1. The van der Waals surface area contributed by atoms with Crippen molar-refractivity contribution in [2.45, 2.75) is 153 Å². The number of nitrogens with zero attached hydrogens (tertiary/aromatic N) is 1. The Morgan fingerprint density at radius 1 is 0.691 bits per heavy atom. The molecule has 0 rings (SSSR count). The highest BCUT2D eigenvalue weighted by Gasteiger charge is 2.25. The van der Waals surface area contributed by atoms with Crippen molar-refractivity contribution in [2.24, 2.45) is 5.73 Å². The lowest BCUT2D eigenvalue weighted by Crippen LogP contribution is -2.39. The maximum atomic E-state index is 13.1. The quantitative estimate of drug-likeness (QED) is 0.0131. The van der Waals surface area contributed by atoms with Gasteiger partial charge in [-0.3, -0.25) is 18.9 Å². The summed E-state index contributed by atoms with van der Waals surface area (Å²) in [5.41, 5.74) is 6.20. The summed E-state index contributed by atoms with van der Waals surface area (Å²) in [6.07, 6.45) is 48.9. The number of esters is 2. The van der Waals surface area contributed by atoms with E-state index in [4.69, 9.17) is 29.4 Å². The lowest BCUT2D eigenvalue weighted by atomic mass is 10.1. The van der Waals surface area contributed by atoms with Crippen LogP contribution < -0.4 is 10.6 Å². The smallest absolute Gasteiger partial charge is 0.323 e. The molecule has 0 amide bonds. The van der Waals surface area contributed by atoms with Gasteiger partial charge in [0, 0.05) is 23.8 Å². The Morgan fingerprint density at radius 3 is 1.76 bits per heavy atom. The van der Waals surface area contributed by atoms with E-state index < -0.39 is 62.4 Å². The number of aliphatic hydroxyl groups is 1. The number of hydrogen-bond acceptors (Lipinski definition) is 12. The molecular weight excluding hydrogens is 904 g/mol. The number of likely N-dealkylation sites (N-methyl/N-ethyl adjacent to an activating group) is 1. The summed E-state index contributed by atoms with van der Waals surface area (Å²) < 4.78 is 33.9. The Labute approximate surface area is 414 Å². The molecule has 0 fully saturated rings. The van der Waals surface area contributed by atoms with Gasteiger partial charge < -0.3 is 43.8 Å². The standard InChI is InChI=1S/C53H87N2O11PS/c1-6-8-10-12-14-16-18-20-21-22-23-24-25-26-28-30-32-34-36-41-52(59)66-47(45-65-67(61,62)64-43-42-55(3,4)5)44-63-53(60)48(54)46-68-50(49(56)38-37-40-51(57)58)39-35-33-31-29-27-19-17-15-13-11-9-7-2/h14-17,20-21,23-24,26-29,31-35,39,47-50,56H,6-13,18-19,22,25,30,36-38,40-46,54H2,1-5H3,(H-,57,58,61,62)/b16-14-,17-15-,21-20-,24-23-,28-26-,29-27-,33-31+,34-32-,39-35+/t47-,48+,49+,50-/m1/s1. The van der Waals surface area contributed by atoms with Gasteiger partial charge in [-0.25, -0.2) is 0 Å². The molecule has 0 aromatic carbocycles. The van der Waals surface area contributed by atoms with Gasteiger partial charge in [-0.15, -0.1) is 11.8 Å². The maximum absolute atomic E-state index is 13.1. The number of unbranched alkanes of at least 4 members (excludes halogenated alkanes) is 6. The zero-order valence-corrected chi connectivity index (χ0v) is 43.6. The molecular formula is C53H87N2O11PS. The molecule has 0 heterocycles. The summed E-state index contributed by atoms with van der Waals surface area (Å²) in [5.74, 6) is -2.41. The second-order valence-corrected chi connectivity index (χ2v) is 19.9. The van der Waals surface area contributed by atoms with Gasteiger partial charge in [-0.05, 0) is 77.0 Å². The van der Waals surface area contributed by atoms with E-state index >= 15 is 0 Å². The Balaban J connectivity index is 5.29. The second kappa shape index (κ2) is 43.4. The molecule has 0 aliphatic rings. The number of quaternary nitrogens is 1. The van der Waals surface area contributed by atoms with Crippen molar-refractivity contribution < 1.29 is 57.1 Å². The number of phosphoric ester groups is 1. The van der Waals surface area contributed by atoms with E-state index in [1.165, 1.54) is 50.3 Å². The van der Waals surface area contributed by atoms with E-state index in [9.17, 15) is 28.9 Å². The average Bonchev–Trinajstić information content (AvgIpc) is 3.28. The number of carbonyl (C=O) groups excluding carboxylic acids is 2. The van der Waals surface area contributed by atoms with Gasteiger partial charge >= 0.3 is 17.9 Å². The van der Waals surface area contributed by atoms with Crippen molar-refractivity contribution in [1.29, 1.82) is 0 Å². The van der Waals surface area contributed by atoms with Crippen LogP contribution >= 0.6 is 19.6 Å². The fourth-order valence-electron chi connectivity index (χ4n) is 5.78. The Bertz CT molecular complexity index is 1650. The summed E-state index contributed by atoms with van der Waals surface area (Å²) in [7, 11) is 0.843. The zero-order valence-electron chi connectivity index (χ0n) is 41.9. The summed E-state index contributed by atoms with van der Waals surface area (Å²) >= 11 is 1.21. The lowest BCUT2D eigenvalue weighted by Gasteiger charge is -2.28. The molecule has 1 unspecified atom stereocenters. The number of allylic oxidation sites excluding steroid dienone is 17. The van der Waals surface area contributed by atoms with Crippen LogP contribution in [0.4, 0.5) is 0 Å². The first kappa shape index (κ1) is 64.4. The largest absolute Gasteiger partial charge is 0.756 e. The van der Waals surface area contributed by atoms with E-state index in [-0.39, 0.29) is 38.0 Å². The van der Waals surface area contributed by atoms with Crippen LogP contribution in [0.1, 0.15) is 129 Å². The number of aliphatic carboxylic acids is 1. The Morgan fingerprint density at radius 2 is 1.22 bits per heavy atom. The van der Waals surface area contributed by atoms with Crippen molar-refractivity contribution in [3.63, 3.8) is 0 Å². The molecule has 0 aromatic rings. The molecule has 5 atom stereocenters. The van der Waals surface area contributed by atoms with Gasteiger partial charge in [0.05, 0.1) is 33.9 Å². The second-order valence-electron chi connectivity index (χ2n) is 17.3. The maximum Gasteiger partial charge on any atom is 0.323 e. The van der Waals surface area contributed by atoms with Gasteiger partial charge in [0.15, 0.2) is 6.10 Å². The van der Waals surface area contributed by atoms with Crippen LogP contribution in [0.2, 0.25) is 0 Å². The number of phosphoric acid groups is 1. The van der Waals surface area contributed by atoms with Crippen LogP contribution in [0.15, 0.2) is 109 Å². The molecule has 0 aliphatic carbocycles. The van der Waals surface area contributed by atoms with E-state index in [1.807, 2.05) is 63.7 Å². The van der Waals surface area contributed by atoms with Gasteiger partial charge in [0.25, 0.3) is 7.82 Å². The number of nitrogens with two attached hydrogens (primary N) is 1. The fourth-order valence-corrected chi connectivity index (χ4v) is 7.64. The van der Waals surface area contributed by atoms with Crippen LogP contribution in [0.3, 0.4) is 0 Å². The lowest BCUT2D eigenvalue weighted by molar-refractivity contribution is -0.870. The third kappa shape index (κ3) is 43.7. The fraction of sp³-hybridized carbons (Fsp3) is 0.604. The molecule has 4 N–H and O–H groups in total. The monoisotopic (exact) mass is 991 g/mol. The first-order valence-electron chi connectivity index (χ1n) is 24.5. The van der Waals surface area contributed by atoms with Crippen molar-refractivity contribution in [1.82, 2.24) is 0 Å². The molecule has 0 bridgehead atoms. The number of carboxylic acids is 1. The van der Waals surface area contributed by atoms with Crippen molar-refractivity contribution in [3.05, 3.63) is 109 Å². The van der Waals surface area contributed by atoms with Crippen LogP contribution in [-0.2, 0) is 37.5 Å². The Hall–Kier alpha value is -3.59. The van der Waals surface area contributed by atoms with Gasteiger partial charge in [0.1, 0.15) is 25.8 Å². The number of thioether (sulfide) groups is 1. The molecule has 15 heteroatoms. The topological polar surface area (TPSA) is 195 Å². The molecule has 0 saturated heterocycles. The third-order valence-electron chi connectivity index (χ3n) is 9.78. The number of rotatable bonds is 43. The van der Waals surface area contributed by atoms with Gasteiger partial charge in [0.2, 0.25) is 0 Å². The molecule has 68 heavy (non-hydrogen) atoms. The highest BCUT2D eigenvalue weighted by Crippen LogP contribution is 2.38. The Kier molecular flexibility index (Phi) is 41.1. The SMILES string of the molecule is CCCCC/C=C\C\C=C/C=C/C=C/[C@@H](SC[C@H](N)C(=O)OC[C@H](COP(=O)([O-])OCC[N+](C)(C)C)OC(=O)CC/C=C\C/C=C\C/C=C\C/C=C\C/C=C\CCCCC)[C@@H](O)CCCC(=O)O. The molecule has 13 nitrogen and oxygen atoms in total. The van der Waals surface area contributed by atoms with E-state index in [0.29, 0.717) is 23.9 Å². The van der Waals surface area contributed by atoms with Crippen molar-refractivity contribution in [3.8, 4) is 0 Å². The number of aliphatic hydroxyl groups excluding tert-OH is 1. The van der Waals surface area contributed by atoms with Gasteiger partial charge in [-0.2, -0.15) is 0 Å². The van der Waals surface area contributed by atoms with E-state index in [0.717, 1.165) is 38.5 Å². The summed E-state index contributed by atoms with van der Waals surface area (Å²) in [5, 5.41) is 19.5. The normalized spacial score (nSPS) is 15.6. The molecule has 0 radical (unpaired) electrons. The molecule has 0 aromatic heterocycles. The predicted octanol–water partition coefficient (Wildman–Crippen LogP) is 10.6. The van der Waals surface area contributed by atoms with Crippen LogP contribution in [0.5, 0.6) is 0 Å². The summed E-state index contributed by atoms with van der Waals surface area (Å²) in [6.45, 7) is 3.48. The average molecular weight is 991 g/mol. The minimum Gasteiger partial charge on any atom is -0.756 e. The minimum absolute atomic E-state index is 0.00748. The molecule has 386 valence electrons. The van der Waals surface area contributed by atoms with Gasteiger partial charge in [-0.1, -0.05) is 149 Å². The zero-order chi connectivity index (χ0) is 50.6. The predicted molar refractivity (Wildman–Crippen MR) is 278 cm³/mol. The number of carbonyl (C=O) groups is 3. The highest BCUT2D eigenvalue weighted by molar-refractivity contribution is 8.00. The molecule has 0 aliphatic heterocycles.